The zero-order valence-electron chi connectivity index (χ0n) is 9.42. The van der Waals surface area contributed by atoms with Crippen molar-refractivity contribution < 1.29 is 18.0 Å². The highest BCUT2D eigenvalue weighted by Gasteiger charge is 2.42. The van der Waals surface area contributed by atoms with Crippen LogP contribution in [0.4, 0.5) is 13.2 Å². The standard InChI is InChI=1S/C10H17F3N2O/c1-3-7-4-8(14)9(16)15(6(7)2)5-10(11,12)13/h6-8H,3-5,14H2,1-2H3. The van der Waals surface area contributed by atoms with Gasteiger partial charge >= 0.3 is 6.18 Å². The van der Waals surface area contributed by atoms with E-state index in [9.17, 15) is 18.0 Å². The fraction of sp³-hybridized carbons (Fsp3) is 0.900. The third-order valence-electron chi connectivity index (χ3n) is 3.20. The predicted molar refractivity (Wildman–Crippen MR) is 53.6 cm³/mol. The molecular weight excluding hydrogens is 221 g/mol. The predicted octanol–water partition coefficient (Wildman–Crippen LogP) is 1.52. The number of carbonyl (C=O) groups is 1. The summed E-state index contributed by atoms with van der Waals surface area (Å²) in [5.41, 5.74) is 5.56. The average Bonchev–Trinajstić information content (AvgIpc) is 2.17. The molecule has 3 unspecified atom stereocenters. The monoisotopic (exact) mass is 238 g/mol. The van der Waals surface area contributed by atoms with Crippen LogP contribution in [-0.4, -0.2) is 35.6 Å². The van der Waals surface area contributed by atoms with E-state index in [1.165, 1.54) is 0 Å². The molecule has 1 saturated heterocycles. The topological polar surface area (TPSA) is 46.3 Å². The molecule has 0 aromatic rings. The fourth-order valence-electron chi connectivity index (χ4n) is 2.21. The second kappa shape index (κ2) is 4.61. The number of hydrogen-bond acceptors (Lipinski definition) is 2. The SMILES string of the molecule is CCC1CC(N)C(=O)N(CC(F)(F)F)C1C. The summed E-state index contributed by atoms with van der Waals surface area (Å²) >= 11 is 0. The number of alkyl halides is 3. The Labute approximate surface area is 92.8 Å². The van der Waals surface area contributed by atoms with Crippen LogP contribution < -0.4 is 5.73 Å². The summed E-state index contributed by atoms with van der Waals surface area (Å²) in [7, 11) is 0. The van der Waals surface area contributed by atoms with Crippen LogP contribution in [0.5, 0.6) is 0 Å². The first-order valence-corrected chi connectivity index (χ1v) is 5.39. The van der Waals surface area contributed by atoms with E-state index in [2.05, 4.69) is 0 Å². The van der Waals surface area contributed by atoms with E-state index in [-0.39, 0.29) is 12.0 Å². The van der Waals surface area contributed by atoms with Gasteiger partial charge in [0.05, 0.1) is 6.04 Å². The van der Waals surface area contributed by atoms with Crippen molar-refractivity contribution in [2.24, 2.45) is 11.7 Å². The van der Waals surface area contributed by atoms with Crippen molar-refractivity contribution in [3.63, 3.8) is 0 Å². The number of amides is 1. The van der Waals surface area contributed by atoms with Gasteiger partial charge in [-0.3, -0.25) is 4.79 Å². The highest BCUT2D eigenvalue weighted by atomic mass is 19.4. The second-order valence-corrected chi connectivity index (χ2v) is 4.33. The fourth-order valence-corrected chi connectivity index (χ4v) is 2.21. The largest absolute Gasteiger partial charge is 0.406 e. The number of halogens is 3. The van der Waals surface area contributed by atoms with Gasteiger partial charge in [-0.15, -0.1) is 0 Å². The van der Waals surface area contributed by atoms with Crippen LogP contribution in [0.1, 0.15) is 26.7 Å². The minimum atomic E-state index is -4.36. The van der Waals surface area contributed by atoms with Crippen molar-refractivity contribution in [2.75, 3.05) is 6.54 Å². The number of piperidine rings is 1. The molecule has 0 aromatic carbocycles. The minimum absolute atomic E-state index is 0.0510. The van der Waals surface area contributed by atoms with Crippen molar-refractivity contribution in [1.29, 1.82) is 0 Å². The molecule has 1 rings (SSSR count). The first kappa shape index (κ1) is 13.3. The minimum Gasteiger partial charge on any atom is -0.329 e. The Kier molecular flexibility index (Phi) is 3.83. The number of nitrogens with zero attached hydrogens (tertiary/aromatic N) is 1. The first-order chi connectivity index (χ1) is 7.26. The molecule has 16 heavy (non-hydrogen) atoms. The van der Waals surface area contributed by atoms with E-state index in [0.29, 0.717) is 6.42 Å². The Balaban J connectivity index is 2.81. The molecule has 1 fully saturated rings. The van der Waals surface area contributed by atoms with Crippen LogP contribution in [0, 0.1) is 5.92 Å². The second-order valence-electron chi connectivity index (χ2n) is 4.33. The van der Waals surface area contributed by atoms with E-state index >= 15 is 0 Å². The molecule has 0 saturated carbocycles. The van der Waals surface area contributed by atoms with Crippen molar-refractivity contribution in [3.8, 4) is 0 Å². The molecule has 1 heterocycles. The number of likely N-dealkylation sites (tertiary alicyclic amines) is 1. The maximum atomic E-state index is 12.3. The van der Waals surface area contributed by atoms with Crippen molar-refractivity contribution >= 4 is 5.91 Å². The number of hydrogen-bond donors (Lipinski definition) is 1. The molecule has 1 aliphatic rings. The smallest absolute Gasteiger partial charge is 0.329 e. The maximum Gasteiger partial charge on any atom is 0.406 e. The van der Waals surface area contributed by atoms with Crippen LogP contribution in [0.2, 0.25) is 0 Å². The van der Waals surface area contributed by atoms with Gasteiger partial charge in [-0.1, -0.05) is 13.3 Å². The van der Waals surface area contributed by atoms with Gasteiger partial charge in [0.1, 0.15) is 6.54 Å². The lowest BCUT2D eigenvalue weighted by Gasteiger charge is -2.41. The Morgan fingerprint density at radius 1 is 1.50 bits per heavy atom. The average molecular weight is 238 g/mol. The highest BCUT2D eigenvalue weighted by molar-refractivity contribution is 5.82. The quantitative estimate of drug-likeness (QED) is 0.792. The number of nitrogens with two attached hydrogens (primary N) is 1. The molecule has 1 aliphatic heterocycles. The molecule has 0 spiro atoms. The maximum absolute atomic E-state index is 12.3. The molecule has 0 bridgehead atoms. The van der Waals surface area contributed by atoms with Gasteiger partial charge in [-0.2, -0.15) is 13.2 Å². The molecule has 1 amide bonds. The van der Waals surface area contributed by atoms with Gasteiger partial charge < -0.3 is 10.6 Å². The molecule has 3 nitrogen and oxygen atoms in total. The summed E-state index contributed by atoms with van der Waals surface area (Å²) in [6.45, 7) is 2.36. The van der Waals surface area contributed by atoms with Gasteiger partial charge in [0.2, 0.25) is 5.91 Å². The van der Waals surface area contributed by atoms with E-state index in [1.807, 2.05) is 6.92 Å². The Morgan fingerprint density at radius 2 is 2.06 bits per heavy atom. The highest BCUT2D eigenvalue weighted by Crippen LogP contribution is 2.29. The van der Waals surface area contributed by atoms with Crippen molar-refractivity contribution in [1.82, 2.24) is 4.90 Å². The van der Waals surface area contributed by atoms with Crippen molar-refractivity contribution in [3.05, 3.63) is 0 Å². The van der Waals surface area contributed by atoms with Crippen LogP contribution in [0.25, 0.3) is 0 Å². The Hall–Kier alpha value is -0.780. The zero-order valence-corrected chi connectivity index (χ0v) is 9.42. The summed E-state index contributed by atoms with van der Waals surface area (Å²) in [5.74, 6) is -0.537. The lowest BCUT2D eigenvalue weighted by Crippen LogP contribution is -2.58. The summed E-state index contributed by atoms with van der Waals surface area (Å²) < 4.78 is 36.9. The van der Waals surface area contributed by atoms with E-state index < -0.39 is 24.7 Å². The molecule has 0 radical (unpaired) electrons. The Morgan fingerprint density at radius 3 is 2.50 bits per heavy atom. The van der Waals surface area contributed by atoms with Gasteiger partial charge in [-0.25, -0.2) is 0 Å². The summed E-state index contributed by atoms with van der Waals surface area (Å²) in [6, 6.07) is -1.18. The molecule has 94 valence electrons. The lowest BCUT2D eigenvalue weighted by molar-refractivity contribution is -0.172. The van der Waals surface area contributed by atoms with Gasteiger partial charge in [-0.05, 0) is 19.3 Å². The first-order valence-electron chi connectivity index (χ1n) is 5.39. The van der Waals surface area contributed by atoms with Crippen molar-refractivity contribution in [2.45, 2.75) is 44.9 Å². The molecule has 6 heteroatoms. The summed E-state index contributed by atoms with van der Waals surface area (Å²) in [6.07, 6.45) is -3.15. The molecule has 0 aliphatic carbocycles. The molecule has 2 N–H and O–H groups in total. The normalized spacial score (nSPS) is 32.0. The molecule has 3 atom stereocenters. The molecule has 0 aromatic heterocycles. The molecular formula is C10H17F3N2O. The zero-order chi connectivity index (χ0) is 12.5. The summed E-state index contributed by atoms with van der Waals surface area (Å²) in [4.78, 5) is 12.4. The van der Waals surface area contributed by atoms with E-state index in [0.717, 1.165) is 11.3 Å². The van der Waals surface area contributed by atoms with E-state index in [1.54, 1.807) is 6.92 Å². The van der Waals surface area contributed by atoms with E-state index in [4.69, 9.17) is 5.73 Å². The van der Waals surface area contributed by atoms with Crippen LogP contribution in [-0.2, 0) is 4.79 Å². The van der Waals surface area contributed by atoms with Crippen LogP contribution in [0.15, 0.2) is 0 Å². The third-order valence-corrected chi connectivity index (χ3v) is 3.20. The number of rotatable bonds is 2. The third kappa shape index (κ3) is 2.87. The summed E-state index contributed by atoms with van der Waals surface area (Å²) in [5, 5.41) is 0. The lowest BCUT2D eigenvalue weighted by atomic mass is 9.85. The Bertz CT molecular complexity index is 267. The van der Waals surface area contributed by atoms with Gasteiger partial charge in [0.15, 0.2) is 0 Å². The van der Waals surface area contributed by atoms with Gasteiger partial charge in [0, 0.05) is 6.04 Å². The number of carbonyl (C=O) groups excluding carboxylic acids is 1. The van der Waals surface area contributed by atoms with Crippen LogP contribution >= 0.6 is 0 Å². The van der Waals surface area contributed by atoms with Crippen LogP contribution in [0.3, 0.4) is 0 Å². The van der Waals surface area contributed by atoms with Gasteiger partial charge in [0.25, 0.3) is 0 Å².